The van der Waals surface area contributed by atoms with Crippen LogP contribution in [0.5, 0.6) is 0 Å². The van der Waals surface area contributed by atoms with Crippen LogP contribution in [0.25, 0.3) is 22.6 Å². The molecule has 0 unspecified atom stereocenters. The first-order chi connectivity index (χ1) is 14.4. The highest BCUT2D eigenvalue weighted by Crippen LogP contribution is 2.40. The summed E-state index contributed by atoms with van der Waals surface area (Å²) in [4.78, 5) is 24.1. The number of benzene rings is 2. The van der Waals surface area contributed by atoms with E-state index in [4.69, 9.17) is 11.6 Å². The Morgan fingerprint density at radius 3 is 2.37 bits per heavy atom. The van der Waals surface area contributed by atoms with Gasteiger partial charge in [-0.2, -0.15) is 0 Å². The zero-order chi connectivity index (χ0) is 21.0. The van der Waals surface area contributed by atoms with Gasteiger partial charge >= 0.3 is 0 Å². The van der Waals surface area contributed by atoms with Crippen LogP contribution in [0.4, 0.5) is 13.2 Å². The smallest absolute Gasteiger partial charge is 0.279 e. The summed E-state index contributed by atoms with van der Waals surface area (Å²) >= 11 is 5.97. The van der Waals surface area contributed by atoms with Crippen molar-refractivity contribution >= 4 is 22.8 Å². The number of halogens is 4. The van der Waals surface area contributed by atoms with Gasteiger partial charge in [0.2, 0.25) is 0 Å². The second-order valence-electron chi connectivity index (χ2n) is 7.25. The molecule has 5 rings (SSSR count). The third kappa shape index (κ3) is 3.27. The number of fused-ring (bicyclic) bond motifs is 1. The molecule has 0 radical (unpaired) electrons. The van der Waals surface area contributed by atoms with Crippen LogP contribution in [0.2, 0.25) is 5.02 Å². The Balaban J connectivity index is 1.66. The number of hydrogen-bond acceptors (Lipinski definition) is 3. The first-order valence-electron chi connectivity index (χ1n) is 9.31. The minimum atomic E-state index is -1.03. The molecule has 1 N–H and O–H groups in total. The van der Waals surface area contributed by atoms with Crippen LogP contribution in [0.15, 0.2) is 41.2 Å². The van der Waals surface area contributed by atoms with Crippen molar-refractivity contribution in [2.75, 3.05) is 0 Å². The highest BCUT2D eigenvalue weighted by Gasteiger charge is 2.30. The van der Waals surface area contributed by atoms with E-state index < -0.39 is 23.0 Å². The third-order valence-electron chi connectivity index (χ3n) is 5.06. The van der Waals surface area contributed by atoms with E-state index in [0.717, 1.165) is 18.4 Å². The summed E-state index contributed by atoms with van der Waals surface area (Å²) in [5, 5.41) is 0.578. The fourth-order valence-corrected chi connectivity index (χ4v) is 3.63. The number of imidazole rings is 1. The molecule has 5 nitrogen and oxygen atoms in total. The molecule has 0 bridgehead atoms. The summed E-state index contributed by atoms with van der Waals surface area (Å²) < 4.78 is 43.2. The molecular weight excluding hydrogens is 417 g/mol. The highest BCUT2D eigenvalue weighted by molar-refractivity contribution is 6.30. The first-order valence-corrected chi connectivity index (χ1v) is 9.69. The van der Waals surface area contributed by atoms with E-state index in [9.17, 15) is 18.0 Å². The standard InChI is InChI=1S/C21H14ClF3N4O/c22-11-3-1-10(2-4-11)19-28-18-20(29(19)13-5-6-13)26-17(27-21(18)30)9-14-15(24)7-12(23)8-16(14)25/h1-4,7-8,13H,5-6,9H2,(H,26,27,30). The molecule has 0 amide bonds. The lowest BCUT2D eigenvalue weighted by molar-refractivity contribution is 0.526. The highest BCUT2D eigenvalue weighted by atomic mass is 35.5. The van der Waals surface area contributed by atoms with Gasteiger partial charge in [-0.3, -0.25) is 4.79 Å². The van der Waals surface area contributed by atoms with Crippen LogP contribution in [-0.2, 0) is 6.42 Å². The van der Waals surface area contributed by atoms with Crippen LogP contribution >= 0.6 is 11.6 Å². The van der Waals surface area contributed by atoms with Gasteiger partial charge in [0, 0.05) is 40.7 Å². The molecule has 9 heteroatoms. The van der Waals surface area contributed by atoms with Gasteiger partial charge in [-0.05, 0) is 37.1 Å². The Morgan fingerprint density at radius 1 is 1.07 bits per heavy atom. The number of aromatic nitrogens is 4. The SMILES string of the molecule is O=c1[nH]c(Cc2c(F)cc(F)cc2F)nc2c1nc(-c1ccc(Cl)cc1)n2C1CC1. The van der Waals surface area contributed by atoms with Gasteiger partial charge in [-0.1, -0.05) is 11.6 Å². The van der Waals surface area contributed by atoms with Crippen molar-refractivity contribution in [3.63, 3.8) is 0 Å². The molecule has 1 fully saturated rings. The van der Waals surface area contributed by atoms with E-state index in [1.165, 1.54) is 0 Å². The predicted molar refractivity (Wildman–Crippen MR) is 106 cm³/mol. The zero-order valence-electron chi connectivity index (χ0n) is 15.4. The first kappa shape index (κ1) is 18.9. The van der Waals surface area contributed by atoms with Crippen LogP contribution < -0.4 is 5.56 Å². The number of aromatic amines is 1. The number of rotatable bonds is 4. The van der Waals surface area contributed by atoms with Crippen molar-refractivity contribution in [2.24, 2.45) is 0 Å². The largest absolute Gasteiger partial charge is 0.308 e. The number of hydrogen-bond donors (Lipinski definition) is 1. The molecule has 4 aromatic rings. The van der Waals surface area contributed by atoms with E-state index in [1.807, 2.05) is 4.57 Å². The number of nitrogens with one attached hydrogen (secondary N) is 1. The summed E-state index contributed by atoms with van der Waals surface area (Å²) in [6.45, 7) is 0. The lowest BCUT2D eigenvalue weighted by Crippen LogP contribution is -2.14. The van der Waals surface area contributed by atoms with Crippen molar-refractivity contribution < 1.29 is 13.2 Å². The summed E-state index contributed by atoms with van der Waals surface area (Å²) in [5.74, 6) is -2.43. The second-order valence-corrected chi connectivity index (χ2v) is 7.69. The molecular formula is C21H14ClF3N4O. The van der Waals surface area contributed by atoms with Crippen molar-refractivity contribution in [3.8, 4) is 11.4 Å². The van der Waals surface area contributed by atoms with Crippen molar-refractivity contribution in [1.82, 2.24) is 19.5 Å². The van der Waals surface area contributed by atoms with E-state index in [1.54, 1.807) is 24.3 Å². The fourth-order valence-electron chi connectivity index (χ4n) is 3.50. The Kier molecular flexibility index (Phi) is 4.39. The molecule has 0 saturated heterocycles. The minimum Gasteiger partial charge on any atom is -0.308 e. The van der Waals surface area contributed by atoms with Gasteiger partial charge in [0.15, 0.2) is 11.2 Å². The summed E-state index contributed by atoms with van der Waals surface area (Å²) in [5.41, 5.74) is 0.405. The average Bonchev–Trinajstić information content (AvgIpc) is 3.45. The fraction of sp³-hybridized carbons (Fsp3) is 0.190. The van der Waals surface area contributed by atoms with Crippen LogP contribution in [0, 0.1) is 17.5 Å². The molecule has 1 aliphatic rings. The van der Waals surface area contributed by atoms with E-state index in [-0.39, 0.29) is 29.4 Å². The van der Waals surface area contributed by atoms with Crippen molar-refractivity contribution in [2.45, 2.75) is 25.3 Å². The lowest BCUT2D eigenvalue weighted by Gasteiger charge is -2.08. The maximum atomic E-state index is 14.1. The van der Waals surface area contributed by atoms with Gasteiger partial charge in [0.1, 0.15) is 29.1 Å². The molecule has 0 aliphatic heterocycles. The predicted octanol–water partition coefficient (Wildman–Crippen LogP) is 4.78. The molecule has 2 heterocycles. The summed E-state index contributed by atoms with van der Waals surface area (Å²) in [6, 6.07) is 8.42. The van der Waals surface area contributed by atoms with Crippen molar-refractivity contribution in [1.29, 1.82) is 0 Å². The molecule has 2 aromatic carbocycles. The average molecular weight is 431 g/mol. The third-order valence-corrected chi connectivity index (χ3v) is 5.32. The Hall–Kier alpha value is -3.13. The zero-order valence-corrected chi connectivity index (χ0v) is 16.2. The molecule has 30 heavy (non-hydrogen) atoms. The normalized spacial score (nSPS) is 13.9. The topological polar surface area (TPSA) is 63.6 Å². The molecule has 1 saturated carbocycles. The van der Waals surface area contributed by atoms with Crippen molar-refractivity contribution in [3.05, 3.63) is 80.6 Å². The van der Waals surface area contributed by atoms with E-state index in [0.29, 0.717) is 28.6 Å². The molecule has 2 aromatic heterocycles. The maximum absolute atomic E-state index is 14.1. The Labute approximate surface area is 173 Å². The van der Waals surface area contributed by atoms with Gasteiger partial charge in [0.05, 0.1) is 0 Å². The van der Waals surface area contributed by atoms with E-state index in [2.05, 4.69) is 15.0 Å². The maximum Gasteiger partial charge on any atom is 0.279 e. The molecule has 0 atom stereocenters. The summed E-state index contributed by atoms with van der Waals surface area (Å²) in [6.07, 6.45) is 1.50. The Morgan fingerprint density at radius 2 is 1.73 bits per heavy atom. The number of nitrogens with zero attached hydrogens (tertiary/aromatic N) is 3. The summed E-state index contributed by atoms with van der Waals surface area (Å²) in [7, 11) is 0. The van der Waals surface area contributed by atoms with Gasteiger partial charge in [0.25, 0.3) is 5.56 Å². The van der Waals surface area contributed by atoms with Crippen LogP contribution in [-0.4, -0.2) is 19.5 Å². The molecule has 152 valence electrons. The molecule has 1 aliphatic carbocycles. The molecule has 0 spiro atoms. The van der Waals surface area contributed by atoms with Crippen LogP contribution in [0.1, 0.15) is 30.3 Å². The van der Waals surface area contributed by atoms with Gasteiger partial charge < -0.3 is 9.55 Å². The quantitative estimate of drug-likeness (QED) is 0.506. The number of H-pyrrole nitrogens is 1. The minimum absolute atomic E-state index is 0.0707. The Bertz CT molecular complexity index is 1320. The van der Waals surface area contributed by atoms with Gasteiger partial charge in [-0.25, -0.2) is 23.1 Å². The van der Waals surface area contributed by atoms with E-state index >= 15 is 0 Å². The van der Waals surface area contributed by atoms with Crippen LogP contribution in [0.3, 0.4) is 0 Å². The lowest BCUT2D eigenvalue weighted by atomic mass is 10.1. The van der Waals surface area contributed by atoms with Gasteiger partial charge in [-0.15, -0.1) is 0 Å². The second kappa shape index (κ2) is 6.98. The monoisotopic (exact) mass is 430 g/mol.